The fraction of sp³-hybridized carbons (Fsp3) is 0.750. The summed E-state index contributed by atoms with van der Waals surface area (Å²) >= 11 is 0. The number of aliphatic hydroxyl groups is 1. The van der Waals surface area contributed by atoms with E-state index >= 15 is 0 Å². The molecule has 10 nitrogen and oxygen atoms in total. The zero-order chi connectivity index (χ0) is 21.6. The van der Waals surface area contributed by atoms with E-state index in [0.29, 0.717) is 12.5 Å². The van der Waals surface area contributed by atoms with Gasteiger partial charge in [0.2, 0.25) is 17.7 Å². The zero-order valence-electron chi connectivity index (χ0n) is 17.7. The van der Waals surface area contributed by atoms with Crippen LogP contribution in [0.5, 0.6) is 0 Å². The third kappa shape index (κ3) is 4.19. The van der Waals surface area contributed by atoms with Gasteiger partial charge < -0.3 is 20.6 Å². The average molecular weight is 418 g/mol. The Morgan fingerprint density at radius 3 is 2.67 bits per heavy atom. The average Bonchev–Trinajstić information content (AvgIpc) is 3.05. The summed E-state index contributed by atoms with van der Waals surface area (Å²) in [7, 11) is 0. The summed E-state index contributed by atoms with van der Waals surface area (Å²) in [6, 6.07) is -1.72. The molecule has 1 saturated carbocycles. The Balaban J connectivity index is 1.54. The Hall–Kier alpha value is -2.49. The number of likely N-dealkylation sites (tertiary alicyclic amines) is 1. The van der Waals surface area contributed by atoms with Crippen LogP contribution in [-0.2, 0) is 14.4 Å². The van der Waals surface area contributed by atoms with Crippen LogP contribution in [0.25, 0.3) is 0 Å². The molecule has 164 valence electrons. The second-order valence-corrected chi connectivity index (χ2v) is 9.78. The van der Waals surface area contributed by atoms with Crippen molar-refractivity contribution in [3.05, 3.63) is 11.9 Å². The summed E-state index contributed by atoms with van der Waals surface area (Å²) in [5, 5.41) is 24.2. The number of β-amino-alcohol motifs (C(OH)–C–C–N with tert-alkyl or cyclic N) is 1. The predicted molar refractivity (Wildman–Crippen MR) is 106 cm³/mol. The fourth-order valence-electron chi connectivity index (χ4n) is 4.33. The highest BCUT2D eigenvalue weighted by molar-refractivity contribution is 5.91. The minimum Gasteiger partial charge on any atom is -0.391 e. The summed E-state index contributed by atoms with van der Waals surface area (Å²) in [5.74, 6) is -0.284. The molecule has 4 atom stereocenters. The van der Waals surface area contributed by atoms with Gasteiger partial charge in [-0.05, 0) is 18.3 Å². The fourth-order valence-corrected chi connectivity index (χ4v) is 4.33. The van der Waals surface area contributed by atoms with E-state index in [1.165, 1.54) is 4.90 Å². The first-order valence-corrected chi connectivity index (χ1v) is 10.6. The maximum atomic E-state index is 13.6. The Labute approximate surface area is 175 Å². The molecule has 1 aliphatic carbocycles. The molecule has 3 aliphatic rings. The van der Waals surface area contributed by atoms with Crippen molar-refractivity contribution in [2.75, 3.05) is 13.1 Å². The van der Waals surface area contributed by atoms with Crippen LogP contribution in [-0.4, -0.2) is 74.0 Å². The van der Waals surface area contributed by atoms with Crippen LogP contribution in [0.15, 0.2) is 6.20 Å². The van der Waals surface area contributed by atoms with Crippen molar-refractivity contribution >= 4 is 17.7 Å². The highest BCUT2D eigenvalue weighted by Crippen LogP contribution is 2.40. The number of rotatable bonds is 5. The van der Waals surface area contributed by atoms with Gasteiger partial charge in [0.1, 0.15) is 12.1 Å². The first kappa shape index (κ1) is 20.8. The van der Waals surface area contributed by atoms with Gasteiger partial charge in [-0.25, -0.2) is 4.68 Å². The third-order valence-electron chi connectivity index (χ3n) is 6.03. The standard InChI is InChI=1S/C20H30N6O4/c1-20(2,3)17(26-10-14(23-24-26)11-4-5-11)19(30)25-9-13(27)7-15(25)18(29)22-12-6-16(28)21-8-12/h10-13,15,17,27H,4-9H2,1-3H3,(H,21,28)(H,22,29)/t12?,13-,15+,17-/m1/s1. The lowest BCUT2D eigenvalue weighted by Crippen LogP contribution is -2.52. The van der Waals surface area contributed by atoms with Gasteiger partial charge in [0.15, 0.2) is 0 Å². The van der Waals surface area contributed by atoms with Gasteiger partial charge in [0, 0.05) is 38.0 Å². The van der Waals surface area contributed by atoms with Gasteiger partial charge in [-0.15, -0.1) is 5.10 Å². The largest absolute Gasteiger partial charge is 0.391 e. The molecule has 3 N–H and O–H groups in total. The van der Waals surface area contributed by atoms with Crippen LogP contribution in [0.2, 0.25) is 0 Å². The Kier molecular flexibility index (Phi) is 5.29. The van der Waals surface area contributed by atoms with E-state index in [0.717, 1.165) is 18.5 Å². The molecule has 3 heterocycles. The van der Waals surface area contributed by atoms with Crippen molar-refractivity contribution in [3.8, 4) is 0 Å². The number of hydrogen-bond acceptors (Lipinski definition) is 6. The van der Waals surface area contributed by atoms with E-state index in [1.54, 1.807) is 4.68 Å². The SMILES string of the molecule is CC(C)(C)[C@@H](C(=O)N1C[C@H](O)C[C@H]1C(=O)NC1CNC(=O)C1)n1cc(C2CC2)nn1. The number of carbonyl (C=O) groups is 3. The van der Waals surface area contributed by atoms with Crippen LogP contribution in [0.3, 0.4) is 0 Å². The monoisotopic (exact) mass is 418 g/mol. The summed E-state index contributed by atoms with van der Waals surface area (Å²) in [5.41, 5.74) is 0.424. The minimum atomic E-state index is -0.778. The van der Waals surface area contributed by atoms with Gasteiger partial charge in [0.05, 0.1) is 17.8 Å². The molecule has 1 aromatic heterocycles. The van der Waals surface area contributed by atoms with Crippen molar-refractivity contribution in [2.45, 2.75) is 76.6 Å². The van der Waals surface area contributed by atoms with E-state index in [4.69, 9.17) is 0 Å². The second kappa shape index (κ2) is 7.64. The van der Waals surface area contributed by atoms with Crippen molar-refractivity contribution in [3.63, 3.8) is 0 Å². The topological polar surface area (TPSA) is 129 Å². The number of carbonyl (C=O) groups excluding carboxylic acids is 3. The van der Waals surface area contributed by atoms with Crippen LogP contribution < -0.4 is 10.6 Å². The van der Waals surface area contributed by atoms with E-state index in [1.807, 2.05) is 27.0 Å². The molecule has 10 heteroatoms. The summed E-state index contributed by atoms with van der Waals surface area (Å²) in [6.45, 7) is 6.32. The molecule has 0 bridgehead atoms. The van der Waals surface area contributed by atoms with Gasteiger partial charge in [-0.2, -0.15) is 0 Å². The number of nitrogens with zero attached hydrogens (tertiary/aromatic N) is 4. The van der Waals surface area contributed by atoms with Gasteiger partial charge in [-0.3, -0.25) is 14.4 Å². The summed E-state index contributed by atoms with van der Waals surface area (Å²) < 4.78 is 1.61. The Morgan fingerprint density at radius 2 is 2.07 bits per heavy atom. The number of aromatic nitrogens is 3. The third-order valence-corrected chi connectivity index (χ3v) is 6.03. The smallest absolute Gasteiger partial charge is 0.248 e. The molecular weight excluding hydrogens is 388 g/mol. The number of hydrogen-bond donors (Lipinski definition) is 3. The molecule has 3 amide bonds. The lowest BCUT2D eigenvalue weighted by molar-refractivity contribution is -0.144. The van der Waals surface area contributed by atoms with E-state index in [9.17, 15) is 19.5 Å². The van der Waals surface area contributed by atoms with Gasteiger partial charge >= 0.3 is 0 Å². The van der Waals surface area contributed by atoms with Crippen molar-refractivity contribution in [1.29, 1.82) is 0 Å². The first-order valence-electron chi connectivity index (χ1n) is 10.6. The zero-order valence-corrected chi connectivity index (χ0v) is 17.7. The van der Waals surface area contributed by atoms with Crippen molar-refractivity contribution < 1.29 is 19.5 Å². The molecule has 4 rings (SSSR count). The quantitative estimate of drug-likeness (QED) is 0.603. The van der Waals surface area contributed by atoms with E-state index in [-0.39, 0.29) is 43.1 Å². The van der Waals surface area contributed by atoms with Crippen LogP contribution in [0, 0.1) is 5.41 Å². The number of aliphatic hydroxyl groups excluding tert-OH is 1. The number of nitrogens with one attached hydrogen (secondary N) is 2. The Bertz CT molecular complexity index is 843. The first-order chi connectivity index (χ1) is 14.1. The molecular formula is C20H30N6O4. The molecule has 30 heavy (non-hydrogen) atoms. The van der Waals surface area contributed by atoms with Gasteiger partial charge in [-0.1, -0.05) is 26.0 Å². The molecule has 0 spiro atoms. The van der Waals surface area contributed by atoms with E-state index in [2.05, 4.69) is 20.9 Å². The van der Waals surface area contributed by atoms with E-state index < -0.39 is 23.6 Å². The maximum absolute atomic E-state index is 13.6. The molecule has 2 saturated heterocycles. The highest BCUT2D eigenvalue weighted by Gasteiger charge is 2.46. The predicted octanol–water partition coefficient (Wildman–Crippen LogP) is -0.291. The maximum Gasteiger partial charge on any atom is 0.248 e. The summed E-state index contributed by atoms with van der Waals surface area (Å²) in [4.78, 5) is 39.4. The normalized spacial score (nSPS) is 27.8. The molecule has 0 radical (unpaired) electrons. The van der Waals surface area contributed by atoms with Crippen molar-refractivity contribution in [1.82, 2.24) is 30.5 Å². The highest BCUT2D eigenvalue weighted by atomic mass is 16.3. The summed E-state index contributed by atoms with van der Waals surface area (Å²) in [6.07, 6.45) is 3.64. The Morgan fingerprint density at radius 1 is 1.33 bits per heavy atom. The van der Waals surface area contributed by atoms with Crippen molar-refractivity contribution in [2.24, 2.45) is 5.41 Å². The molecule has 1 unspecified atom stereocenters. The number of amides is 3. The molecule has 0 aromatic carbocycles. The van der Waals surface area contributed by atoms with Crippen LogP contribution in [0.1, 0.15) is 64.1 Å². The molecule has 3 fully saturated rings. The van der Waals surface area contributed by atoms with Gasteiger partial charge in [0.25, 0.3) is 0 Å². The lowest BCUT2D eigenvalue weighted by Gasteiger charge is -2.34. The van der Waals surface area contributed by atoms with Crippen LogP contribution in [0.4, 0.5) is 0 Å². The second-order valence-electron chi connectivity index (χ2n) is 9.78. The lowest BCUT2D eigenvalue weighted by atomic mass is 9.85. The molecule has 2 aliphatic heterocycles. The molecule has 1 aromatic rings. The van der Waals surface area contributed by atoms with Crippen LogP contribution >= 0.6 is 0 Å². The minimum absolute atomic E-state index is 0.0928.